The normalized spacial score (nSPS) is 12.0. The van der Waals surface area contributed by atoms with Crippen LogP contribution in [0.5, 0.6) is 0 Å². The fraction of sp³-hybridized carbons (Fsp3) is 0.231. The third-order valence-electron chi connectivity index (χ3n) is 5.63. The lowest BCUT2D eigenvalue weighted by molar-refractivity contribution is -0.140. The first-order valence-corrected chi connectivity index (χ1v) is 12.7. The van der Waals surface area contributed by atoms with Gasteiger partial charge in [0.1, 0.15) is 24.2 Å². The van der Waals surface area contributed by atoms with Crippen LogP contribution in [0.25, 0.3) is 0 Å². The Morgan fingerprint density at radius 2 is 1.53 bits per heavy atom. The summed E-state index contributed by atoms with van der Waals surface area (Å²) in [6.07, 6.45) is 0.234. The molecule has 0 saturated carbocycles. The molecule has 0 aliphatic carbocycles. The van der Waals surface area contributed by atoms with Crippen LogP contribution in [-0.2, 0) is 26.2 Å². The second-order valence-corrected chi connectivity index (χ2v) is 9.82. The number of nitrogens with zero attached hydrogens (tertiary/aromatic N) is 2. The topological polar surface area (TPSA) is 86.8 Å². The Labute approximate surface area is 209 Å². The molecule has 190 valence electrons. The number of hydrogen-bond acceptors (Lipinski definition) is 4. The number of para-hydroxylation sites is 1. The van der Waals surface area contributed by atoms with E-state index in [1.165, 1.54) is 78.7 Å². The van der Waals surface area contributed by atoms with E-state index >= 15 is 0 Å². The van der Waals surface area contributed by atoms with Gasteiger partial charge in [-0.3, -0.25) is 13.9 Å². The summed E-state index contributed by atoms with van der Waals surface area (Å²) in [7, 11) is -2.92. The van der Waals surface area contributed by atoms with E-state index in [1.807, 2.05) is 0 Å². The molecule has 0 spiro atoms. The predicted octanol–water partition coefficient (Wildman–Crippen LogP) is 3.71. The summed E-state index contributed by atoms with van der Waals surface area (Å²) in [5.41, 5.74) is 0.236. The van der Waals surface area contributed by atoms with E-state index < -0.39 is 46.1 Å². The summed E-state index contributed by atoms with van der Waals surface area (Å²) in [6, 6.07) is 17.1. The van der Waals surface area contributed by atoms with E-state index in [1.54, 1.807) is 13.0 Å². The zero-order chi connectivity index (χ0) is 26.3. The van der Waals surface area contributed by atoms with Crippen molar-refractivity contribution in [3.05, 3.63) is 96.1 Å². The lowest BCUT2D eigenvalue weighted by atomic mass is 10.1. The zero-order valence-corrected chi connectivity index (χ0v) is 20.7. The molecule has 0 aliphatic rings. The molecule has 0 unspecified atom stereocenters. The van der Waals surface area contributed by atoms with Gasteiger partial charge in [0.05, 0.1) is 10.6 Å². The minimum Gasteiger partial charge on any atom is -0.357 e. The van der Waals surface area contributed by atoms with Gasteiger partial charge in [-0.15, -0.1) is 0 Å². The number of sulfonamides is 1. The maximum atomic E-state index is 14.8. The molecule has 3 aromatic carbocycles. The average molecular weight is 516 g/mol. The predicted molar refractivity (Wildman–Crippen MR) is 132 cm³/mol. The number of nitrogens with one attached hydrogen (secondary N) is 1. The van der Waals surface area contributed by atoms with Gasteiger partial charge >= 0.3 is 0 Å². The van der Waals surface area contributed by atoms with E-state index in [-0.39, 0.29) is 23.5 Å². The SMILES string of the molecule is CC[C@H](C(=O)NC)N(Cc1ccc(F)cc1)C(=O)CN(c1ccccc1F)S(=O)(=O)c1ccccc1. The van der Waals surface area contributed by atoms with E-state index in [0.717, 1.165) is 6.07 Å². The van der Waals surface area contributed by atoms with Gasteiger partial charge in [0, 0.05) is 13.6 Å². The molecular weight excluding hydrogens is 488 g/mol. The Morgan fingerprint density at radius 1 is 0.917 bits per heavy atom. The minimum atomic E-state index is -4.35. The van der Waals surface area contributed by atoms with Gasteiger partial charge < -0.3 is 10.2 Å². The van der Waals surface area contributed by atoms with Crippen molar-refractivity contribution in [1.29, 1.82) is 0 Å². The van der Waals surface area contributed by atoms with Crippen molar-refractivity contribution in [3.63, 3.8) is 0 Å². The Kier molecular flexibility index (Phi) is 8.76. The first kappa shape index (κ1) is 26.8. The van der Waals surface area contributed by atoms with Crippen LogP contribution >= 0.6 is 0 Å². The number of amides is 2. The minimum absolute atomic E-state index is 0.0818. The largest absolute Gasteiger partial charge is 0.357 e. The Balaban J connectivity index is 2.05. The number of carbonyl (C=O) groups is 2. The van der Waals surface area contributed by atoms with Crippen LogP contribution in [-0.4, -0.2) is 44.8 Å². The summed E-state index contributed by atoms with van der Waals surface area (Å²) in [6.45, 7) is 0.870. The maximum Gasteiger partial charge on any atom is 0.264 e. The number of anilines is 1. The highest BCUT2D eigenvalue weighted by Gasteiger charge is 2.34. The summed E-state index contributed by atoms with van der Waals surface area (Å²) < 4.78 is 56.0. The van der Waals surface area contributed by atoms with Crippen molar-refractivity contribution in [3.8, 4) is 0 Å². The van der Waals surface area contributed by atoms with E-state index in [9.17, 15) is 26.8 Å². The molecule has 10 heteroatoms. The number of rotatable bonds is 10. The van der Waals surface area contributed by atoms with Crippen LogP contribution < -0.4 is 9.62 Å². The summed E-state index contributed by atoms with van der Waals surface area (Å²) in [5.74, 6) is -2.46. The Morgan fingerprint density at radius 3 is 2.11 bits per heavy atom. The highest BCUT2D eigenvalue weighted by atomic mass is 32.2. The highest BCUT2D eigenvalue weighted by molar-refractivity contribution is 7.92. The molecule has 1 atom stereocenters. The molecule has 0 radical (unpaired) electrons. The third-order valence-corrected chi connectivity index (χ3v) is 7.40. The second-order valence-electron chi connectivity index (χ2n) is 7.96. The maximum absolute atomic E-state index is 14.8. The fourth-order valence-corrected chi connectivity index (χ4v) is 5.20. The van der Waals surface area contributed by atoms with Gasteiger partial charge in [0.15, 0.2) is 0 Å². The van der Waals surface area contributed by atoms with Crippen molar-refractivity contribution in [2.24, 2.45) is 0 Å². The highest BCUT2D eigenvalue weighted by Crippen LogP contribution is 2.27. The van der Waals surface area contributed by atoms with Crippen LogP contribution in [0.4, 0.5) is 14.5 Å². The lowest BCUT2D eigenvalue weighted by Gasteiger charge is -2.33. The van der Waals surface area contributed by atoms with E-state index in [2.05, 4.69) is 5.32 Å². The number of hydrogen-bond donors (Lipinski definition) is 1. The molecule has 0 aliphatic heterocycles. The summed E-state index contributed by atoms with van der Waals surface area (Å²) in [5, 5.41) is 2.51. The molecule has 7 nitrogen and oxygen atoms in total. The van der Waals surface area contributed by atoms with E-state index in [4.69, 9.17) is 0 Å². The van der Waals surface area contributed by atoms with Crippen molar-refractivity contribution >= 4 is 27.5 Å². The van der Waals surface area contributed by atoms with Crippen molar-refractivity contribution in [2.75, 3.05) is 17.9 Å². The first-order chi connectivity index (χ1) is 17.2. The molecule has 0 saturated heterocycles. The van der Waals surface area contributed by atoms with Crippen molar-refractivity contribution < 1.29 is 26.8 Å². The molecule has 2 amide bonds. The molecule has 1 N–H and O–H groups in total. The molecule has 0 bridgehead atoms. The molecule has 3 aromatic rings. The van der Waals surface area contributed by atoms with E-state index in [0.29, 0.717) is 9.87 Å². The number of halogens is 2. The number of benzene rings is 3. The molecular formula is C26H27F2N3O4S. The summed E-state index contributed by atoms with van der Waals surface area (Å²) >= 11 is 0. The van der Waals surface area contributed by atoms with Gasteiger partial charge in [-0.25, -0.2) is 17.2 Å². The lowest BCUT2D eigenvalue weighted by Crippen LogP contribution is -2.51. The standard InChI is InChI=1S/C26H27F2N3O4S/c1-3-23(26(33)29-2)30(17-19-13-15-20(27)16-14-19)25(32)18-31(24-12-8-7-11-22(24)28)36(34,35)21-9-5-4-6-10-21/h4-16,23H,3,17-18H2,1-2H3,(H,29,33)/t23-/m1/s1. The van der Waals surface area contributed by atoms with Gasteiger partial charge in [-0.2, -0.15) is 0 Å². The smallest absolute Gasteiger partial charge is 0.264 e. The van der Waals surface area contributed by atoms with Crippen molar-refractivity contribution in [2.45, 2.75) is 30.8 Å². The Hall–Kier alpha value is -3.79. The second kappa shape index (κ2) is 11.8. The number of carbonyl (C=O) groups excluding carboxylic acids is 2. The zero-order valence-electron chi connectivity index (χ0n) is 19.9. The van der Waals surface area contributed by atoms with Crippen LogP contribution in [0.1, 0.15) is 18.9 Å². The molecule has 36 heavy (non-hydrogen) atoms. The molecule has 0 heterocycles. The quantitative estimate of drug-likeness (QED) is 0.446. The van der Waals surface area contributed by atoms with Gasteiger partial charge in [-0.05, 0) is 48.4 Å². The molecule has 3 rings (SSSR count). The summed E-state index contributed by atoms with van der Waals surface area (Å²) in [4.78, 5) is 27.4. The van der Waals surface area contributed by atoms with Crippen LogP contribution in [0.2, 0.25) is 0 Å². The van der Waals surface area contributed by atoms with Crippen LogP contribution in [0.15, 0.2) is 83.8 Å². The first-order valence-electron chi connectivity index (χ1n) is 11.3. The average Bonchev–Trinajstić information content (AvgIpc) is 2.89. The van der Waals surface area contributed by atoms with Gasteiger partial charge in [-0.1, -0.05) is 49.4 Å². The fourth-order valence-electron chi connectivity index (χ4n) is 3.76. The molecule has 0 fully saturated rings. The monoisotopic (exact) mass is 515 g/mol. The van der Waals surface area contributed by atoms with Gasteiger partial charge in [0.25, 0.3) is 10.0 Å². The number of likely N-dealkylation sites (N-methyl/N-ethyl adjacent to an activating group) is 1. The van der Waals surface area contributed by atoms with Gasteiger partial charge in [0.2, 0.25) is 11.8 Å². The van der Waals surface area contributed by atoms with Crippen molar-refractivity contribution in [1.82, 2.24) is 10.2 Å². The third kappa shape index (κ3) is 6.06. The molecule has 0 aromatic heterocycles. The van der Waals surface area contributed by atoms with Crippen LogP contribution in [0, 0.1) is 11.6 Å². The van der Waals surface area contributed by atoms with Crippen LogP contribution in [0.3, 0.4) is 0 Å². The Bertz CT molecular complexity index is 1300.